The third-order valence-corrected chi connectivity index (χ3v) is 5.34. The second kappa shape index (κ2) is 10.2. The van der Waals surface area contributed by atoms with E-state index in [0.717, 1.165) is 16.5 Å². The van der Waals surface area contributed by atoms with Gasteiger partial charge in [0.05, 0.1) is 12.0 Å². The number of thioether (sulfide) groups is 1. The van der Waals surface area contributed by atoms with Crippen LogP contribution in [0, 0.1) is 0 Å². The van der Waals surface area contributed by atoms with Gasteiger partial charge in [-0.3, -0.25) is 4.79 Å². The van der Waals surface area contributed by atoms with Crippen LogP contribution in [0.15, 0.2) is 63.8 Å². The maximum atomic E-state index is 12.4. The van der Waals surface area contributed by atoms with Gasteiger partial charge >= 0.3 is 5.63 Å². The Bertz CT molecular complexity index is 1130. The lowest BCUT2D eigenvalue weighted by atomic mass is 10.0. The summed E-state index contributed by atoms with van der Waals surface area (Å²) >= 11 is 1.48. The number of benzene rings is 2. The molecule has 8 heteroatoms. The molecule has 0 spiro atoms. The van der Waals surface area contributed by atoms with Crippen LogP contribution in [-0.4, -0.2) is 36.0 Å². The molecular formula is C23H22NO6S-. The highest BCUT2D eigenvalue weighted by Crippen LogP contribution is 2.29. The van der Waals surface area contributed by atoms with Gasteiger partial charge in [0.25, 0.3) is 5.91 Å². The normalized spacial score (nSPS) is 12.8. The van der Waals surface area contributed by atoms with Gasteiger partial charge in [0.2, 0.25) is 0 Å². The Balaban J connectivity index is 1.80. The minimum absolute atomic E-state index is 0.255. The summed E-state index contributed by atoms with van der Waals surface area (Å²) in [5.41, 5.74) is 1.43. The summed E-state index contributed by atoms with van der Waals surface area (Å²) < 4.78 is 11.0. The minimum atomic E-state index is -1.34. The highest BCUT2D eigenvalue weighted by Gasteiger charge is 2.20. The molecule has 0 saturated carbocycles. The van der Waals surface area contributed by atoms with E-state index in [1.165, 1.54) is 30.8 Å². The molecule has 1 N–H and O–H groups in total. The number of carbonyl (C=O) groups is 2. The van der Waals surface area contributed by atoms with E-state index in [-0.39, 0.29) is 6.42 Å². The van der Waals surface area contributed by atoms with Gasteiger partial charge in [0.15, 0.2) is 6.10 Å². The van der Waals surface area contributed by atoms with E-state index in [4.69, 9.17) is 9.15 Å². The molecule has 0 aliphatic rings. The summed E-state index contributed by atoms with van der Waals surface area (Å²) in [6, 6.07) is 14.8. The van der Waals surface area contributed by atoms with Crippen molar-refractivity contribution in [2.45, 2.75) is 25.5 Å². The van der Waals surface area contributed by atoms with Crippen LogP contribution < -0.4 is 20.8 Å². The highest BCUT2D eigenvalue weighted by atomic mass is 32.2. The summed E-state index contributed by atoms with van der Waals surface area (Å²) in [4.78, 5) is 35.7. The van der Waals surface area contributed by atoms with Crippen LogP contribution in [0.25, 0.3) is 22.1 Å². The van der Waals surface area contributed by atoms with E-state index in [2.05, 4.69) is 5.32 Å². The lowest BCUT2D eigenvalue weighted by Crippen LogP contribution is -2.51. The number of hydrogen-bond acceptors (Lipinski definition) is 7. The highest BCUT2D eigenvalue weighted by molar-refractivity contribution is 7.98. The van der Waals surface area contributed by atoms with Gasteiger partial charge in [0, 0.05) is 17.5 Å². The fraction of sp³-hybridized carbons (Fsp3) is 0.261. The molecule has 1 amide bonds. The Kier molecular flexibility index (Phi) is 7.36. The number of fused-ring (bicyclic) bond motifs is 1. The first-order chi connectivity index (χ1) is 14.9. The maximum Gasteiger partial charge on any atom is 0.336 e. The van der Waals surface area contributed by atoms with Crippen LogP contribution in [-0.2, 0) is 9.59 Å². The molecule has 2 aromatic carbocycles. The average molecular weight is 440 g/mol. The first kappa shape index (κ1) is 22.4. The number of carboxylic acid groups (broad SMARTS) is 1. The third kappa shape index (κ3) is 5.67. The Morgan fingerprint density at radius 3 is 2.58 bits per heavy atom. The van der Waals surface area contributed by atoms with Crippen LogP contribution in [0.4, 0.5) is 0 Å². The van der Waals surface area contributed by atoms with Crippen molar-refractivity contribution in [3.63, 3.8) is 0 Å². The van der Waals surface area contributed by atoms with Crippen molar-refractivity contribution in [1.29, 1.82) is 0 Å². The Morgan fingerprint density at radius 1 is 1.16 bits per heavy atom. The molecule has 2 atom stereocenters. The summed E-state index contributed by atoms with van der Waals surface area (Å²) in [5, 5.41) is 14.4. The number of hydrogen-bond donors (Lipinski definition) is 1. The molecule has 0 bridgehead atoms. The van der Waals surface area contributed by atoms with Gasteiger partial charge < -0.3 is 24.4 Å². The summed E-state index contributed by atoms with van der Waals surface area (Å²) in [6.07, 6.45) is 1.14. The first-order valence-electron chi connectivity index (χ1n) is 9.69. The van der Waals surface area contributed by atoms with Crippen molar-refractivity contribution < 1.29 is 23.8 Å². The molecule has 7 nitrogen and oxygen atoms in total. The third-order valence-electron chi connectivity index (χ3n) is 4.69. The number of rotatable bonds is 9. The molecule has 0 radical (unpaired) electrons. The quantitative estimate of drug-likeness (QED) is 0.508. The maximum absolute atomic E-state index is 12.4. The van der Waals surface area contributed by atoms with Crippen LogP contribution in [0.1, 0.15) is 13.3 Å². The molecule has 0 saturated heterocycles. The Hall–Kier alpha value is -3.26. The number of nitrogens with one attached hydrogen (secondary N) is 1. The molecule has 0 aliphatic heterocycles. The van der Waals surface area contributed by atoms with Crippen molar-refractivity contribution >= 4 is 34.6 Å². The van der Waals surface area contributed by atoms with Gasteiger partial charge in [-0.25, -0.2) is 4.79 Å². The Morgan fingerprint density at radius 2 is 1.90 bits per heavy atom. The molecule has 3 rings (SSSR count). The topological polar surface area (TPSA) is 109 Å². The van der Waals surface area contributed by atoms with Gasteiger partial charge in [-0.05, 0) is 48.6 Å². The van der Waals surface area contributed by atoms with Crippen LogP contribution in [0.3, 0.4) is 0 Å². The molecular weight excluding hydrogens is 418 g/mol. The number of amides is 1. The summed E-state index contributed by atoms with van der Waals surface area (Å²) in [7, 11) is 0. The predicted molar refractivity (Wildman–Crippen MR) is 118 cm³/mol. The number of aliphatic carboxylic acids is 1. The van der Waals surface area contributed by atoms with Crippen molar-refractivity contribution in [1.82, 2.24) is 5.32 Å². The van der Waals surface area contributed by atoms with Gasteiger partial charge in [-0.1, -0.05) is 30.3 Å². The number of carboxylic acids is 1. The lowest BCUT2D eigenvalue weighted by molar-refractivity contribution is -0.308. The molecule has 1 heterocycles. The fourth-order valence-electron chi connectivity index (χ4n) is 3.10. The molecule has 1 aromatic heterocycles. The zero-order valence-corrected chi connectivity index (χ0v) is 17.9. The lowest BCUT2D eigenvalue weighted by Gasteiger charge is -2.22. The van der Waals surface area contributed by atoms with E-state index < -0.39 is 29.6 Å². The SMILES string of the molecule is CSCC[C@@H](NC(=O)[C@@H](C)Oc1ccc2c(-c3ccccc3)cc(=O)oc2c1)C(=O)[O-]. The van der Waals surface area contributed by atoms with Crippen molar-refractivity contribution in [3.05, 3.63) is 65.0 Å². The van der Waals surface area contributed by atoms with E-state index in [0.29, 0.717) is 17.1 Å². The van der Waals surface area contributed by atoms with Crippen molar-refractivity contribution in [2.24, 2.45) is 0 Å². The first-order valence-corrected chi connectivity index (χ1v) is 11.1. The molecule has 0 unspecified atom stereocenters. The largest absolute Gasteiger partial charge is 0.548 e. The number of carbonyl (C=O) groups excluding carboxylic acids is 2. The van der Waals surface area contributed by atoms with Crippen LogP contribution in [0.5, 0.6) is 5.75 Å². The van der Waals surface area contributed by atoms with Gasteiger partial charge in [-0.2, -0.15) is 11.8 Å². The number of ether oxygens (including phenoxy) is 1. The second-order valence-electron chi connectivity index (χ2n) is 6.92. The molecule has 0 fully saturated rings. The summed E-state index contributed by atoms with van der Waals surface area (Å²) in [6.45, 7) is 1.51. The van der Waals surface area contributed by atoms with E-state index in [9.17, 15) is 19.5 Å². The molecule has 31 heavy (non-hydrogen) atoms. The standard InChI is InChI=1S/C23H23NO6S/c1-14(22(26)24-19(23(27)28)10-11-31-2)29-16-8-9-17-18(15-6-4-3-5-7-15)13-21(25)30-20(17)12-16/h3-9,12-14,19H,10-11H2,1-2H3,(H,24,26)(H,27,28)/p-1/t14-,19-/m1/s1. The smallest absolute Gasteiger partial charge is 0.336 e. The van der Waals surface area contributed by atoms with Crippen LogP contribution in [0.2, 0.25) is 0 Å². The molecule has 3 aromatic rings. The Labute approximate surface area is 183 Å². The minimum Gasteiger partial charge on any atom is -0.548 e. The van der Waals surface area contributed by atoms with Crippen LogP contribution >= 0.6 is 11.8 Å². The second-order valence-corrected chi connectivity index (χ2v) is 7.91. The molecule has 0 aliphatic carbocycles. The zero-order chi connectivity index (χ0) is 22.4. The van der Waals surface area contributed by atoms with E-state index in [1.54, 1.807) is 12.1 Å². The predicted octanol–water partition coefficient (Wildman–Crippen LogP) is 2.22. The van der Waals surface area contributed by atoms with Gasteiger partial charge in [-0.15, -0.1) is 0 Å². The molecule has 162 valence electrons. The zero-order valence-electron chi connectivity index (χ0n) is 17.1. The van der Waals surface area contributed by atoms with E-state index in [1.807, 2.05) is 36.6 Å². The van der Waals surface area contributed by atoms with Gasteiger partial charge in [0.1, 0.15) is 11.3 Å². The van der Waals surface area contributed by atoms with E-state index >= 15 is 0 Å². The van der Waals surface area contributed by atoms with Crippen molar-refractivity contribution in [2.75, 3.05) is 12.0 Å². The monoisotopic (exact) mass is 440 g/mol. The fourth-order valence-corrected chi connectivity index (χ4v) is 3.58. The van der Waals surface area contributed by atoms with Crippen molar-refractivity contribution in [3.8, 4) is 16.9 Å². The average Bonchev–Trinajstić information content (AvgIpc) is 2.76. The summed E-state index contributed by atoms with van der Waals surface area (Å²) in [5.74, 6) is -1.02.